The van der Waals surface area contributed by atoms with Crippen LogP contribution in [0.25, 0.3) is 117 Å². The third-order valence-corrected chi connectivity index (χ3v) is 10.5. The van der Waals surface area contributed by atoms with E-state index in [9.17, 15) is 0 Å². The lowest BCUT2D eigenvalue weighted by atomic mass is 9.99. The standard InChI is InChI=1S/C51H30N4O2/c1-4-14-31(15-5-1)35-21-13-25-43-45(35)41-27-26-34(30-44(41)56-43)50-52-49(33-18-8-3-9-19-33)53-51(54-50)55-42-24-11-10-20-37(42)38-28-29-40-39-23-12-22-36(32-16-6-2-7-17-32)47(39)57-48(40)46(38)55/h1-30H/i1D,3D,4D,5D,8D,9D,14D,15D,18D,19D. The molecule has 0 aliphatic rings. The lowest BCUT2D eigenvalue weighted by Crippen LogP contribution is -2.06. The van der Waals surface area contributed by atoms with Crippen LogP contribution in [-0.2, 0) is 0 Å². The summed E-state index contributed by atoms with van der Waals surface area (Å²) in [7, 11) is 0. The Morgan fingerprint density at radius 3 is 1.95 bits per heavy atom. The summed E-state index contributed by atoms with van der Waals surface area (Å²) >= 11 is 0. The maximum atomic E-state index is 8.97. The number of furan rings is 2. The molecule has 0 bridgehead atoms. The van der Waals surface area contributed by atoms with Crippen LogP contribution in [-0.4, -0.2) is 19.5 Å². The van der Waals surface area contributed by atoms with Crippen molar-refractivity contribution in [2.45, 2.75) is 0 Å². The average Bonchev–Trinajstić information content (AvgIpc) is 4.04. The van der Waals surface area contributed by atoms with Gasteiger partial charge in [-0.25, -0.2) is 4.98 Å². The van der Waals surface area contributed by atoms with E-state index >= 15 is 0 Å². The molecule has 0 unspecified atom stereocenters. The van der Waals surface area contributed by atoms with Crippen molar-refractivity contribution in [3.63, 3.8) is 0 Å². The molecule has 4 aromatic heterocycles. The van der Waals surface area contributed by atoms with E-state index in [0.717, 1.165) is 32.7 Å². The van der Waals surface area contributed by atoms with Crippen molar-refractivity contribution in [3.8, 4) is 51.0 Å². The third kappa shape index (κ3) is 4.87. The molecule has 12 rings (SSSR count). The van der Waals surface area contributed by atoms with E-state index in [2.05, 4.69) is 0 Å². The Morgan fingerprint density at radius 2 is 1.11 bits per heavy atom. The van der Waals surface area contributed by atoms with E-state index < -0.39 is 48.3 Å². The number of fused-ring (bicyclic) bond motifs is 10. The highest BCUT2D eigenvalue weighted by atomic mass is 16.3. The highest BCUT2D eigenvalue weighted by Gasteiger charge is 2.23. The highest BCUT2D eigenvalue weighted by molar-refractivity contribution is 6.22. The first-order valence-corrected chi connectivity index (χ1v) is 18.2. The number of rotatable bonds is 5. The molecule has 4 heterocycles. The van der Waals surface area contributed by atoms with Gasteiger partial charge in [0, 0.05) is 49.0 Å². The smallest absolute Gasteiger partial charge is 0.238 e. The lowest BCUT2D eigenvalue weighted by Gasteiger charge is -2.11. The topological polar surface area (TPSA) is 69.9 Å². The summed E-state index contributed by atoms with van der Waals surface area (Å²) in [6.07, 6.45) is 0. The number of hydrogen-bond donors (Lipinski definition) is 0. The van der Waals surface area contributed by atoms with Crippen molar-refractivity contribution >= 4 is 65.7 Å². The number of hydrogen-bond acceptors (Lipinski definition) is 5. The molecule has 0 atom stereocenters. The van der Waals surface area contributed by atoms with Crippen LogP contribution in [0.2, 0.25) is 0 Å². The second kappa shape index (κ2) is 12.3. The predicted octanol–water partition coefficient (Wildman–Crippen LogP) is 13.4. The summed E-state index contributed by atoms with van der Waals surface area (Å²) in [5.41, 5.74) is 5.93. The first kappa shape index (κ1) is 23.2. The molecule has 0 aliphatic carbocycles. The van der Waals surface area contributed by atoms with Crippen LogP contribution < -0.4 is 0 Å². The second-order valence-corrected chi connectivity index (χ2v) is 13.6. The Bertz CT molecular complexity index is 4070. The van der Waals surface area contributed by atoms with Gasteiger partial charge in [0.15, 0.2) is 17.2 Å². The zero-order valence-electron chi connectivity index (χ0n) is 39.7. The summed E-state index contributed by atoms with van der Waals surface area (Å²) < 4.78 is 101. The fourth-order valence-corrected chi connectivity index (χ4v) is 7.98. The van der Waals surface area contributed by atoms with E-state index in [0.29, 0.717) is 55.3 Å². The number of benzene rings is 8. The molecule has 0 N–H and O–H groups in total. The average molecular weight is 741 g/mol. The van der Waals surface area contributed by atoms with Gasteiger partial charge in [0.05, 0.1) is 19.2 Å². The zero-order chi connectivity index (χ0) is 46.2. The molecule has 12 aromatic rings. The number of para-hydroxylation sites is 2. The van der Waals surface area contributed by atoms with Gasteiger partial charge in [0.25, 0.3) is 0 Å². The minimum Gasteiger partial charge on any atom is -0.456 e. The summed E-state index contributed by atoms with van der Waals surface area (Å²) in [6, 6.07) is 33.5. The molecule has 0 radical (unpaired) electrons. The van der Waals surface area contributed by atoms with E-state index in [4.69, 9.17) is 37.5 Å². The third-order valence-electron chi connectivity index (χ3n) is 10.5. The maximum Gasteiger partial charge on any atom is 0.238 e. The van der Waals surface area contributed by atoms with Gasteiger partial charge in [-0.2, -0.15) is 9.97 Å². The van der Waals surface area contributed by atoms with Crippen LogP contribution in [0.15, 0.2) is 191 Å². The molecule has 0 aliphatic heterocycles. The Morgan fingerprint density at radius 1 is 0.439 bits per heavy atom. The van der Waals surface area contributed by atoms with Crippen LogP contribution in [0.1, 0.15) is 13.7 Å². The first-order chi connectivity index (χ1) is 32.4. The SMILES string of the molecule is [2H]c1c([2H])c([2H])c(-c2nc(-c3ccc4c(c3)oc3cccc(-c5c([2H])c([2H])c([2H])c([2H])c5[2H])c34)nc(-n3c4ccccc4c4ccc5c6cccc(-c7ccccc7)c6oc5c43)n2)c([2H])c1[2H]. The molecule has 6 nitrogen and oxygen atoms in total. The van der Waals surface area contributed by atoms with E-state index in [1.165, 1.54) is 0 Å². The predicted molar refractivity (Wildman–Crippen MR) is 230 cm³/mol. The van der Waals surface area contributed by atoms with Gasteiger partial charge in [-0.05, 0) is 47.0 Å². The molecule has 0 spiro atoms. The highest BCUT2D eigenvalue weighted by Crippen LogP contribution is 2.43. The number of nitrogens with zero attached hydrogens (tertiary/aromatic N) is 4. The molecule has 266 valence electrons. The monoisotopic (exact) mass is 740 g/mol. The Hall–Kier alpha value is -7.83. The van der Waals surface area contributed by atoms with Crippen molar-refractivity contribution < 1.29 is 22.5 Å². The largest absolute Gasteiger partial charge is 0.456 e. The molecule has 0 amide bonds. The molecular formula is C51H30N4O2. The Balaban J connectivity index is 1.14. The molecule has 57 heavy (non-hydrogen) atoms. The quantitative estimate of drug-likeness (QED) is 0.176. The minimum absolute atomic E-state index is 0.0368. The van der Waals surface area contributed by atoms with Crippen LogP contribution in [0.3, 0.4) is 0 Å². The minimum atomic E-state index is -0.559. The van der Waals surface area contributed by atoms with E-state index in [1.807, 2.05) is 89.5 Å². The van der Waals surface area contributed by atoms with Crippen LogP contribution >= 0.6 is 0 Å². The number of aromatic nitrogens is 4. The fourth-order valence-electron chi connectivity index (χ4n) is 7.98. The first-order valence-electron chi connectivity index (χ1n) is 23.2. The zero-order valence-corrected chi connectivity index (χ0v) is 29.7. The van der Waals surface area contributed by atoms with Crippen molar-refractivity contribution in [2.24, 2.45) is 0 Å². The van der Waals surface area contributed by atoms with Gasteiger partial charge in [0.2, 0.25) is 5.95 Å². The summed E-state index contributed by atoms with van der Waals surface area (Å²) in [5, 5.41) is 4.59. The normalized spacial score (nSPS) is 14.3. The molecule has 0 fully saturated rings. The maximum absolute atomic E-state index is 8.97. The fraction of sp³-hybridized carbons (Fsp3) is 0. The van der Waals surface area contributed by atoms with Crippen LogP contribution in [0, 0.1) is 0 Å². The summed E-state index contributed by atoms with van der Waals surface area (Å²) in [5.74, 6) is 0.00997. The summed E-state index contributed by atoms with van der Waals surface area (Å²) in [6.45, 7) is 0. The van der Waals surface area contributed by atoms with E-state index in [1.54, 1.807) is 36.4 Å². The van der Waals surface area contributed by atoms with Gasteiger partial charge < -0.3 is 8.83 Å². The molecule has 6 heteroatoms. The van der Waals surface area contributed by atoms with E-state index in [-0.39, 0.29) is 40.8 Å². The van der Waals surface area contributed by atoms with Gasteiger partial charge >= 0.3 is 0 Å². The van der Waals surface area contributed by atoms with Gasteiger partial charge in [-0.1, -0.05) is 151 Å². The molecule has 8 aromatic carbocycles. The van der Waals surface area contributed by atoms with Gasteiger partial charge in [-0.3, -0.25) is 4.57 Å². The Labute approximate surface area is 340 Å². The van der Waals surface area contributed by atoms with Gasteiger partial charge in [-0.15, -0.1) is 0 Å². The van der Waals surface area contributed by atoms with Crippen molar-refractivity contribution in [1.29, 1.82) is 0 Å². The lowest BCUT2D eigenvalue weighted by molar-refractivity contribution is 0.669. The van der Waals surface area contributed by atoms with Crippen LogP contribution in [0.5, 0.6) is 0 Å². The van der Waals surface area contributed by atoms with Crippen molar-refractivity contribution in [3.05, 3.63) is 182 Å². The molecule has 0 saturated heterocycles. The van der Waals surface area contributed by atoms with Crippen LogP contribution in [0.4, 0.5) is 0 Å². The van der Waals surface area contributed by atoms with Gasteiger partial charge in [0.1, 0.15) is 22.3 Å². The summed E-state index contributed by atoms with van der Waals surface area (Å²) in [4.78, 5) is 14.8. The van der Waals surface area contributed by atoms with Crippen molar-refractivity contribution in [2.75, 3.05) is 0 Å². The molecule has 0 saturated carbocycles. The Kier molecular flexibility index (Phi) is 5.02. The van der Waals surface area contributed by atoms with Crippen molar-refractivity contribution in [1.82, 2.24) is 19.5 Å². The molecular weight excluding hydrogens is 701 g/mol. The second-order valence-electron chi connectivity index (χ2n) is 13.6.